The van der Waals surface area contributed by atoms with E-state index in [9.17, 15) is 4.79 Å². The lowest BCUT2D eigenvalue weighted by atomic mass is 10.0. The van der Waals surface area contributed by atoms with E-state index in [1.165, 1.54) is 5.56 Å². The first kappa shape index (κ1) is 21.8. The first-order valence-electron chi connectivity index (χ1n) is 8.04. The lowest BCUT2D eigenvalue weighted by Gasteiger charge is -2.13. The van der Waals surface area contributed by atoms with Crippen molar-refractivity contribution in [1.82, 2.24) is 10.6 Å². The van der Waals surface area contributed by atoms with Crippen LogP contribution >= 0.6 is 35.6 Å². The Morgan fingerprint density at radius 3 is 2.24 bits per heavy atom. The molecule has 0 radical (unpaired) electrons. The van der Waals surface area contributed by atoms with E-state index in [1.807, 2.05) is 19.1 Å². The number of benzene rings is 2. The molecule has 2 rings (SSSR count). The molecule has 1 unspecified atom stereocenters. The van der Waals surface area contributed by atoms with Crippen LogP contribution in [0.3, 0.4) is 0 Å². The molecule has 0 saturated heterocycles. The molecule has 0 aliphatic heterocycles. The molecule has 0 spiro atoms. The summed E-state index contributed by atoms with van der Waals surface area (Å²) in [5, 5.41) is 7.07. The van der Waals surface area contributed by atoms with E-state index in [0.29, 0.717) is 16.6 Å². The summed E-state index contributed by atoms with van der Waals surface area (Å²) in [5.74, 6) is 0.0485. The highest BCUT2D eigenvalue weighted by Crippen LogP contribution is 2.28. The maximum absolute atomic E-state index is 11.9. The molecule has 0 aliphatic carbocycles. The third-order valence-corrected chi connectivity index (χ3v) is 4.73. The van der Waals surface area contributed by atoms with Gasteiger partial charge in [-0.3, -0.25) is 4.79 Å². The van der Waals surface area contributed by atoms with Crippen LogP contribution in [-0.2, 0) is 11.2 Å². The average molecular weight is 402 g/mol. The molecule has 1 atom stereocenters. The number of carbonyl (C=O) groups is 1. The van der Waals surface area contributed by atoms with E-state index < -0.39 is 0 Å². The van der Waals surface area contributed by atoms with Gasteiger partial charge in [-0.15, -0.1) is 12.4 Å². The zero-order valence-electron chi connectivity index (χ0n) is 14.3. The van der Waals surface area contributed by atoms with E-state index in [4.69, 9.17) is 23.2 Å². The fourth-order valence-electron chi connectivity index (χ4n) is 2.51. The Kier molecular flexibility index (Phi) is 9.30. The van der Waals surface area contributed by atoms with Crippen molar-refractivity contribution in [3.8, 4) is 11.1 Å². The normalized spacial score (nSPS) is 11.5. The van der Waals surface area contributed by atoms with Crippen molar-refractivity contribution in [3.05, 3.63) is 58.1 Å². The molecular weight excluding hydrogens is 379 g/mol. The van der Waals surface area contributed by atoms with Crippen molar-refractivity contribution in [2.75, 3.05) is 13.6 Å². The summed E-state index contributed by atoms with van der Waals surface area (Å²) in [7, 11) is 1.80. The fraction of sp³-hybridized carbons (Fsp3) is 0.316. The number of hydrogen-bond acceptors (Lipinski definition) is 2. The number of rotatable bonds is 7. The smallest absolute Gasteiger partial charge is 0.237 e. The van der Waals surface area contributed by atoms with Gasteiger partial charge in [-0.05, 0) is 48.7 Å². The van der Waals surface area contributed by atoms with Crippen LogP contribution in [0, 0.1) is 0 Å². The van der Waals surface area contributed by atoms with Crippen molar-refractivity contribution in [2.45, 2.75) is 25.8 Å². The molecule has 1 amide bonds. The molecule has 25 heavy (non-hydrogen) atoms. The second-order valence-corrected chi connectivity index (χ2v) is 6.43. The maximum atomic E-state index is 11.9. The van der Waals surface area contributed by atoms with Crippen LogP contribution in [0.2, 0.25) is 10.0 Å². The summed E-state index contributed by atoms with van der Waals surface area (Å²) in [4.78, 5) is 11.9. The van der Waals surface area contributed by atoms with E-state index in [-0.39, 0.29) is 24.4 Å². The number of halogens is 3. The van der Waals surface area contributed by atoms with Crippen LogP contribution in [0.25, 0.3) is 11.1 Å². The average Bonchev–Trinajstić information content (AvgIpc) is 2.59. The van der Waals surface area contributed by atoms with Crippen molar-refractivity contribution in [1.29, 1.82) is 0 Å². The Balaban J connectivity index is 0.00000312. The van der Waals surface area contributed by atoms with Crippen molar-refractivity contribution >= 4 is 41.5 Å². The predicted octanol–water partition coefficient (Wildman–Crippen LogP) is 4.74. The quantitative estimate of drug-likeness (QED) is 0.703. The highest BCUT2D eigenvalue weighted by Gasteiger charge is 2.12. The van der Waals surface area contributed by atoms with Crippen molar-refractivity contribution in [2.24, 2.45) is 0 Å². The predicted molar refractivity (Wildman–Crippen MR) is 109 cm³/mol. The van der Waals surface area contributed by atoms with Gasteiger partial charge in [-0.2, -0.15) is 0 Å². The largest absolute Gasteiger partial charge is 0.354 e. The molecule has 2 aromatic carbocycles. The van der Waals surface area contributed by atoms with Gasteiger partial charge in [0.25, 0.3) is 0 Å². The van der Waals surface area contributed by atoms with Gasteiger partial charge in [0.2, 0.25) is 5.91 Å². The Morgan fingerprint density at radius 2 is 1.68 bits per heavy atom. The van der Waals surface area contributed by atoms with Gasteiger partial charge < -0.3 is 10.6 Å². The first-order valence-corrected chi connectivity index (χ1v) is 8.80. The second kappa shape index (κ2) is 10.7. The first-order chi connectivity index (χ1) is 11.5. The summed E-state index contributed by atoms with van der Waals surface area (Å²) < 4.78 is 0. The van der Waals surface area contributed by atoms with E-state index >= 15 is 0 Å². The number of likely N-dealkylation sites (N-methyl/N-ethyl adjacent to an activating group) is 1. The monoisotopic (exact) mass is 400 g/mol. The molecule has 0 fully saturated rings. The van der Waals surface area contributed by atoms with Gasteiger partial charge in [0.1, 0.15) is 0 Å². The fourth-order valence-corrected chi connectivity index (χ4v) is 2.81. The molecule has 136 valence electrons. The summed E-state index contributed by atoms with van der Waals surface area (Å²) in [6.45, 7) is 2.62. The second-order valence-electron chi connectivity index (χ2n) is 5.62. The van der Waals surface area contributed by atoms with Crippen LogP contribution in [0.15, 0.2) is 42.5 Å². The Bertz CT molecular complexity index is 686. The van der Waals surface area contributed by atoms with Crippen LogP contribution < -0.4 is 10.6 Å². The lowest BCUT2D eigenvalue weighted by Crippen LogP contribution is -2.42. The summed E-state index contributed by atoms with van der Waals surface area (Å²) >= 11 is 12.0. The molecule has 0 aliphatic rings. The lowest BCUT2D eigenvalue weighted by molar-refractivity contribution is -0.123. The molecule has 0 aromatic heterocycles. The summed E-state index contributed by atoms with van der Waals surface area (Å²) in [6, 6.07) is 13.7. The summed E-state index contributed by atoms with van der Waals surface area (Å²) in [6.07, 6.45) is 1.58. The van der Waals surface area contributed by atoms with E-state index in [1.54, 1.807) is 13.1 Å². The third-order valence-electron chi connectivity index (χ3n) is 3.99. The Morgan fingerprint density at radius 1 is 1.04 bits per heavy atom. The van der Waals surface area contributed by atoms with Gasteiger partial charge in [0, 0.05) is 6.54 Å². The molecule has 0 bridgehead atoms. The van der Waals surface area contributed by atoms with Gasteiger partial charge in [-0.1, -0.05) is 60.5 Å². The summed E-state index contributed by atoms with van der Waals surface area (Å²) in [5.41, 5.74) is 3.29. The molecule has 2 N–H and O–H groups in total. The van der Waals surface area contributed by atoms with E-state index in [0.717, 1.165) is 24.0 Å². The zero-order chi connectivity index (χ0) is 17.5. The Labute approximate surface area is 165 Å². The van der Waals surface area contributed by atoms with Crippen molar-refractivity contribution in [3.63, 3.8) is 0 Å². The van der Waals surface area contributed by atoms with Crippen LogP contribution in [-0.4, -0.2) is 25.5 Å². The van der Waals surface area contributed by atoms with Crippen molar-refractivity contribution < 1.29 is 4.79 Å². The van der Waals surface area contributed by atoms with Gasteiger partial charge >= 0.3 is 0 Å². The SMILES string of the molecule is CCC(NC)C(=O)NCCc1ccc(-c2ccc(Cl)c(Cl)c2)cc1.Cl. The van der Waals surface area contributed by atoms with E-state index in [2.05, 4.69) is 34.9 Å². The zero-order valence-corrected chi connectivity index (χ0v) is 16.6. The van der Waals surface area contributed by atoms with Crippen LogP contribution in [0.1, 0.15) is 18.9 Å². The van der Waals surface area contributed by atoms with Gasteiger partial charge in [-0.25, -0.2) is 0 Å². The van der Waals surface area contributed by atoms with Crippen LogP contribution in [0.4, 0.5) is 0 Å². The molecule has 6 heteroatoms. The molecule has 0 heterocycles. The number of carbonyl (C=O) groups excluding carboxylic acids is 1. The maximum Gasteiger partial charge on any atom is 0.237 e. The minimum Gasteiger partial charge on any atom is -0.354 e. The topological polar surface area (TPSA) is 41.1 Å². The number of hydrogen-bond donors (Lipinski definition) is 2. The minimum absolute atomic E-state index is 0. The molecule has 0 saturated carbocycles. The third kappa shape index (κ3) is 6.19. The molecule has 3 nitrogen and oxygen atoms in total. The standard InChI is InChI=1S/C19H22Cl2N2O.ClH/c1-3-18(22-2)19(24)23-11-10-13-4-6-14(7-5-13)15-8-9-16(20)17(21)12-15;/h4-9,12,18,22H,3,10-11H2,1-2H3,(H,23,24);1H. The highest BCUT2D eigenvalue weighted by molar-refractivity contribution is 6.42. The molecular formula is C19H23Cl3N2O. The van der Waals surface area contributed by atoms with Gasteiger partial charge in [0.15, 0.2) is 0 Å². The van der Waals surface area contributed by atoms with Crippen LogP contribution in [0.5, 0.6) is 0 Å². The van der Waals surface area contributed by atoms with Gasteiger partial charge in [0.05, 0.1) is 16.1 Å². The Hall–Kier alpha value is -1.26. The highest BCUT2D eigenvalue weighted by atomic mass is 35.5. The minimum atomic E-state index is -0.123. The number of nitrogens with one attached hydrogen (secondary N) is 2. The number of amides is 1. The molecule has 2 aromatic rings.